The van der Waals surface area contributed by atoms with Crippen molar-refractivity contribution < 1.29 is 9.59 Å². The zero-order chi connectivity index (χ0) is 13.4. The Morgan fingerprint density at radius 1 is 1.47 bits per heavy atom. The van der Waals surface area contributed by atoms with Crippen molar-refractivity contribution in [2.24, 2.45) is 5.92 Å². The molecule has 2 atom stereocenters. The van der Waals surface area contributed by atoms with Gasteiger partial charge in [-0.1, -0.05) is 11.8 Å². The molecule has 6 heteroatoms. The number of aryl methyl sites for hydroxylation is 2. The second-order valence-electron chi connectivity index (χ2n) is 5.20. The van der Waals surface area contributed by atoms with Crippen LogP contribution < -0.4 is 5.32 Å². The Hall–Kier alpha value is -1.30. The molecule has 2 unspecified atom stereocenters. The SMILES string of the molecule is Cc1nc2c([nH]1)CC(C(=O)NC1CCSC1=O)CC2. The van der Waals surface area contributed by atoms with Crippen LogP contribution >= 0.6 is 11.8 Å². The maximum Gasteiger partial charge on any atom is 0.224 e. The summed E-state index contributed by atoms with van der Waals surface area (Å²) in [6.07, 6.45) is 3.12. The monoisotopic (exact) mass is 279 g/mol. The standard InChI is InChI=1S/C13H17N3O2S/c1-7-14-9-3-2-8(6-11(9)15-7)12(17)16-10-4-5-19-13(10)18/h8,10H,2-6H2,1H3,(H,14,15)(H,16,17). The number of nitrogens with zero attached hydrogens (tertiary/aromatic N) is 1. The first-order chi connectivity index (χ1) is 9.13. The third kappa shape index (κ3) is 2.54. The fraction of sp³-hybridized carbons (Fsp3) is 0.615. The van der Waals surface area contributed by atoms with Gasteiger partial charge in [-0.3, -0.25) is 9.59 Å². The summed E-state index contributed by atoms with van der Waals surface area (Å²) >= 11 is 1.32. The molecule has 0 saturated carbocycles. The number of fused-ring (bicyclic) bond motifs is 1. The van der Waals surface area contributed by atoms with Gasteiger partial charge in [-0.2, -0.15) is 0 Å². The number of thioether (sulfide) groups is 1. The minimum absolute atomic E-state index is 0.0127. The van der Waals surface area contributed by atoms with E-state index in [1.807, 2.05) is 6.92 Å². The Morgan fingerprint density at radius 2 is 2.32 bits per heavy atom. The Morgan fingerprint density at radius 3 is 3.05 bits per heavy atom. The molecule has 1 aliphatic heterocycles. The van der Waals surface area contributed by atoms with Crippen molar-refractivity contribution in [1.82, 2.24) is 15.3 Å². The lowest BCUT2D eigenvalue weighted by molar-refractivity contribution is -0.128. The van der Waals surface area contributed by atoms with Crippen LogP contribution in [0, 0.1) is 12.8 Å². The average Bonchev–Trinajstić information content (AvgIpc) is 2.93. The van der Waals surface area contributed by atoms with Gasteiger partial charge in [-0.05, 0) is 26.2 Å². The van der Waals surface area contributed by atoms with E-state index >= 15 is 0 Å². The van der Waals surface area contributed by atoms with Crippen LogP contribution in [0.4, 0.5) is 0 Å². The van der Waals surface area contributed by atoms with Gasteiger partial charge in [-0.15, -0.1) is 0 Å². The van der Waals surface area contributed by atoms with E-state index in [2.05, 4.69) is 15.3 Å². The molecule has 2 aliphatic rings. The highest BCUT2D eigenvalue weighted by Crippen LogP contribution is 2.25. The lowest BCUT2D eigenvalue weighted by Gasteiger charge is -2.22. The maximum absolute atomic E-state index is 12.2. The van der Waals surface area contributed by atoms with E-state index in [1.54, 1.807) is 0 Å². The number of carbonyl (C=O) groups is 2. The molecule has 5 nitrogen and oxygen atoms in total. The topological polar surface area (TPSA) is 74.8 Å². The van der Waals surface area contributed by atoms with Crippen LogP contribution in [0.5, 0.6) is 0 Å². The van der Waals surface area contributed by atoms with Crippen molar-refractivity contribution in [3.05, 3.63) is 17.2 Å². The number of amides is 1. The smallest absolute Gasteiger partial charge is 0.224 e. The van der Waals surface area contributed by atoms with E-state index in [-0.39, 0.29) is 23.0 Å². The summed E-state index contributed by atoms with van der Waals surface area (Å²) in [5.74, 6) is 1.70. The number of imidazole rings is 1. The van der Waals surface area contributed by atoms with Gasteiger partial charge in [-0.25, -0.2) is 4.98 Å². The molecular weight excluding hydrogens is 262 g/mol. The summed E-state index contributed by atoms with van der Waals surface area (Å²) in [5.41, 5.74) is 2.17. The number of carbonyl (C=O) groups excluding carboxylic acids is 2. The van der Waals surface area contributed by atoms with Gasteiger partial charge < -0.3 is 10.3 Å². The van der Waals surface area contributed by atoms with E-state index < -0.39 is 0 Å². The predicted molar refractivity (Wildman–Crippen MR) is 72.9 cm³/mol. The van der Waals surface area contributed by atoms with Crippen LogP contribution in [-0.2, 0) is 22.4 Å². The number of aromatic amines is 1. The van der Waals surface area contributed by atoms with E-state index in [0.29, 0.717) is 6.42 Å². The zero-order valence-corrected chi connectivity index (χ0v) is 11.7. The minimum atomic E-state index is -0.276. The number of hydrogen-bond donors (Lipinski definition) is 2. The van der Waals surface area contributed by atoms with Crippen molar-refractivity contribution in [3.8, 4) is 0 Å². The molecule has 2 N–H and O–H groups in total. The Kier molecular flexibility index (Phi) is 3.35. The normalized spacial score (nSPS) is 26.3. The summed E-state index contributed by atoms with van der Waals surface area (Å²) in [4.78, 5) is 31.4. The summed E-state index contributed by atoms with van der Waals surface area (Å²) < 4.78 is 0. The van der Waals surface area contributed by atoms with Gasteiger partial charge in [0.15, 0.2) is 0 Å². The molecule has 3 rings (SSSR count). The number of aromatic nitrogens is 2. The van der Waals surface area contributed by atoms with Crippen molar-refractivity contribution in [3.63, 3.8) is 0 Å². The van der Waals surface area contributed by atoms with Gasteiger partial charge in [0.1, 0.15) is 5.82 Å². The van der Waals surface area contributed by atoms with Crippen molar-refractivity contribution in [1.29, 1.82) is 0 Å². The highest BCUT2D eigenvalue weighted by atomic mass is 32.2. The zero-order valence-electron chi connectivity index (χ0n) is 10.9. The summed E-state index contributed by atoms with van der Waals surface area (Å²) in [6.45, 7) is 1.93. The van der Waals surface area contributed by atoms with Crippen molar-refractivity contribution in [2.75, 3.05) is 5.75 Å². The van der Waals surface area contributed by atoms with Gasteiger partial charge in [0.25, 0.3) is 0 Å². The van der Waals surface area contributed by atoms with E-state index in [9.17, 15) is 9.59 Å². The first-order valence-corrected chi connectivity index (χ1v) is 7.63. The number of rotatable bonds is 2. The van der Waals surface area contributed by atoms with Gasteiger partial charge >= 0.3 is 0 Å². The molecule has 0 spiro atoms. The quantitative estimate of drug-likeness (QED) is 0.846. The molecule has 102 valence electrons. The molecule has 1 aromatic heterocycles. The molecule has 0 aromatic carbocycles. The number of H-pyrrole nitrogens is 1. The molecule has 1 amide bonds. The fourth-order valence-corrected chi connectivity index (χ4v) is 3.70. The minimum Gasteiger partial charge on any atom is -0.346 e. The van der Waals surface area contributed by atoms with Gasteiger partial charge in [0, 0.05) is 23.8 Å². The molecular formula is C13H17N3O2S. The van der Waals surface area contributed by atoms with Crippen LogP contribution in [-0.4, -0.2) is 32.8 Å². The summed E-state index contributed by atoms with van der Waals surface area (Å²) in [6, 6.07) is -0.276. The van der Waals surface area contributed by atoms with Gasteiger partial charge in [0.05, 0.1) is 11.7 Å². The van der Waals surface area contributed by atoms with Crippen LogP contribution in [0.25, 0.3) is 0 Å². The van der Waals surface area contributed by atoms with Crippen LogP contribution in [0.15, 0.2) is 0 Å². The molecule has 2 heterocycles. The van der Waals surface area contributed by atoms with Crippen LogP contribution in [0.1, 0.15) is 30.1 Å². The van der Waals surface area contributed by atoms with E-state index in [0.717, 1.165) is 42.2 Å². The fourth-order valence-electron chi connectivity index (χ4n) is 2.76. The molecule has 1 saturated heterocycles. The third-order valence-electron chi connectivity index (χ3n) is 3.79. The second kappa shape index (κ2) is 5.00. The summed E-state index contributed by atoms with van der Waals surface area (Å²) in [7, 11) is 0. The largest absolute Gasteiger partial charge is 0.346 e. The maximum atomic E-state index is 12.2. The highest BCUT2D eigenvalue weighted by molar-refractivity contribution is 8.14. The molecule has 0 bridgehead atoms. The molecule has 1 aromatic rings. The van der Waals surface area contributed by atoms with Crippen molar-refractivity contribution >= 4 is 22.8 Å². The summed E-state index contributed by atoms with van der Waals surface area (Å²) in [5, 5.41) is 2.99. The lowest BCUT2D eigenvalue weighted by Crippen LogP contribution is -2.42. The lowest BCUT2D eigenvalue weighted by atomic mass is 9.89. The molecule has 1 fully saturated rings. The first kappa shape index (κ1) is 12.7. The van der Waals surface area contributed by atoms with Crippen molar-refractivity contribution in [2.45, 2.75) is 38.6 Å². The third-order valence-corrected chi connectivity index (χ3v) is 4.79. The number of hydrogen-bond acceptors (Lipinski definition) is 4. The molecule has 19 heavy (non-hydrogen) atoms. The Bertz CT molecular complexity index is 526. The van der Waals surface area contributed by atoms with E-state index in [4.69, 9.17) is 0 Å². The Labute approximate surface area is 115 Å². The number of nitrogens with one attached hydrogen (secondary N) is 2. The average molecular weight is 279 g/mol. The molecule has 1 aliphatic carbocycles. The van der Waals surface area contributed by atoms with E-state index in [1.165, 1.54) is 11.8 Å². The first-order valence-electron chi connectivity index (χ1n) is 6.65. The van der Waals surface area contributed by atoms with Gasteiger partial charge in [0.2, 0.25) is 11.0 Å². The molecule has 0 radical (unpaired) electrons. The second-order valence-corrected chi connectivity index (χ2v) is 6.30. The van der Waals surface area contributed by atoms with Crippen LogP contribution in [0.3, 0.4) is 0 Å². The Balaban J connectivity index is 1.64. The predicted octanol–water partition coefficient (Wildman–Crippen LogP) is 0.971. The highest BCUT2D eigenvalue weighted by Gasteiger charge is 2.31. The van der Waals surface area contributed by atoms with Crippen LogP contribution in [0.2, 0.25) is 0 Å².